The van der Waals surface area contributed by atoms with E-state index in [1.165, 1.54) is 18.6 Å². The molecular weight excluding hydrogens is 198 g/mol. The van der Waals surface area contributed by atoms with Gasteiger partial charge in [0, 0.05) is 24.3 Å². The van der Waals surface area contributed by atoms with E-state index in [-0.39, 0.29) is 0 Å². The van der Waals surface area contributed by atoms with E-state index in [0.717, 1.165) is 24.0 Å². The molecule has 1 saturated heterocycles. The summed E-state index contributed by atoms with van der Waals surface area (Å²) >= 11 is 2.04. The Morgan fingerprint density at radius 1 is 1.71 bits per heavy atom. The second-order valence-corrected chi connectivity index (χ2v) is 5.01. The molecule has 2 atom stereocenters. The average Bonchev–Trinajstić information content (AvgIpc) is 2.78. The average molecular weight is 213 g/mol. The quantitative estimate of drug-likeness (QED) is 0.811. The molecule has 0 amide bonds. The fourth-order valence-electron chi connectivity index (χ4n) is 1.67. The summed E-state index contributed by atoms with van der Waals surface area (Å²) in [6, 6.07) is 0.659. The molecule has 78 valence electrons. The smallest absolute Gasteiger partial charge is 0.213 e. The van der Waals surface area contributed by atoms with Crippen molar-refractivity contribution in [1.82, 2.24) is 15.5 Å². The van der Waals surface area contributed by atoms with E-state index in [4.69, 9.17) is 0 Å². The van der Waals surface area contributed by atoms with Gasteiger partial charge in [0.1, 0.15) is 0 Å². The number of rotatable bonds is 4. The Kier molecular flexibility index (Phi) is 3.42. The molecule has 0 bridgehead atoms. The topological polar surface area (TPSA) is 51.0 Å². The van der Waals surface area contributed by atoms with Gasteiger partial charge in [-0.15, -0.1) is 0 Å². The van der Waals surface area contributed by atoms with Crippen molar-refractivity contribution in [1.29, 1.82) is 0 Å². The molecule has 1 aliphatic heterocycles. The van der Waals surface area contributed by atoms with Crippen LogP contribution >= 0.6 is 11.8 Å². The molecule has 0 saturated carbocycles. The van der Waals surface area contributed by atoms with Crippen molar-refractivity contribution in [3.8, 4) is 0 Å². The summed E-state index contributed by atoms with van der Waals surface area (Å²) in [5, 5.41) is 8.03. The monoisotopic (exact) mass is 213 g/mol. The Hall–Kier alpha value is -0.550. The molecule has 0 aromatic carbocycles. The van der Waals surface area contributed by atoms with E-state index < -0.39 is 0 Å². The van der Waals surface area contributed by atoms with Crippen molar-refractivity contribution in [2.75, 3.05) is 12.3 Å². The minimum atomic E-state index is 0.659. The SMILES string of the molecule is CC1SCCC1NCCc1ncon1. The summed E-state index contributed by atoms with van der Waals surface area (Å²) in [6.45, 7) is 3.22. The van der Waals surface area contributed by atoms with Crippen LogP contribution in [0.1, 0.15) is 19.2 Å². The maximum Gasteiger partial charge on any atom is 0.213 e. The Balaban J connectivity index is 1.68. The van der Waals surface area contributed by atoms with Gasteiger partial charge in [-0.3, -0.25) is 0 Å². The molecule has 0 radical (unpaired) electrons. The maximum atomic E-state index is 4.67. The van der Waals surface area contributed by atoms with E-state index >= 15 is 0 Å². The first-order chi connectivity index (χ1) is 6.86. The highest BCUT2D eigenvalue weighted by Gasteiger charge is 2.22. The van der Waals surface area contributed by atoms with E-state index in [0.29, 0.717) is 6.04 Å². The Morgan fingerprint density at radius 2 is 2.64 bits per heavy atom. The number of hydrogen-bond donors (Lipinski definition) is 1. The van der Waals surface area contributed by atoms with Crippen molar-refractivity contribution in [3.05, 3.63) is 12.2 Å². The molecule has 14 heavy (non-hydrogen) atoms. The maximum absolute atomic E-state index is 4.67. The first-order valence-electron chi connectivity index (χ1n) is 4.96. The summed E-state index contributed by atoms with van der Waals surface area (Å²) < 4.78 is 4.67. The molecule has 0 spiro atoms. The van der Waals surface area contributed by atoms with Crippen molar-refractivity contribution >= 4 is 11.8 Å². The number of nitrogens with one attached hydrogen (secondary N) is 1. The Bertz CT molecular complexity index is 265. The third-order valence-corrected chi connectivity index (χ3v) is 3.86. The molecule has 1 fully saturated rings. The van der Waals surface area contributed by atoms with Gasteiger partial charge in [-0.1, -0.05) is 12.1 Å². The third kappa shape index (κ3) is 2.48. The molecule has 2 heterocycles. The van der Waals surface area contributed by atoms with Crippen molar-refractivity contribution in [2.24, 2.45) is 0 Å². The second kappa shape index (κ2) is 4.79. The first-order valence-corrected chi connectivity index (χ1v) is 6.01. The van der Waals surface area contributed by atoms with Crippen LogP contribution in [0.2, 0.25) is 0 Å². The molecule has 1 aromatic heterocycles. The number of aromatic nitrogens is 2. The zero-order valence-electron chi connectivity index (χ0n) is 8.27. The van der Waals surface area contributed by atoms with Gasteiger partial charge in [-0.25, -0.2) is 0 Å². The largest absolute Gasteiger partial charge is 0.343 e. The zero-order valence-corrected chi connectivity index (χ0v) is 9.09. The molecule has 1 aliphatic rings. The van der Waals surface area contributed by atoms with Gasteiger partial charge >= 0.3 is 0 Å². The van der Waals surface area contributed by atoms with Gasteiger partial charge in [-0.05, 0) is 12.2 Å². The Morgan fingerprint density at radius 3 is 3.29 bits per heavy atom. The van der Waals surface area contributed by atoms with Gasteiger partial charge in [0.2, 0.25) is 6.39 Å². The Labute approximate surface area is 87.8 Å². The normalized spacial score (nSPS) is 26.9. The van der Waals surface area contributed by atoms with Crippen LogP contribution in [0, 0.1) is 0 Å². The van der Waals surface area contributed by atoms with Crippen molar-refractivity contribution < 1.29 is 4.52 Å². The minimum Gasteiger partial charge on any atom is -0.343 e. The molecule has 4 nitrogen and oxygen atoms in total. The summed E-state index contributed by atoms with van der Waals surface area (Å²) in [4.78, 5) is 3.98. The van der Waals surface area contributed by atoms with Gasteiger partial charge in [-0.2, -0.15) is 16.7 Å². The van der Waals surface area contributed by atoms with Gasteiger partial charge < -0.3 is 9.84 Å². The molecule has 0 aliphatic carbocycles. The predicted molar refractivity (Wildman–Crippen MR) is 56.3 cm³/mol. The molecule has 2 rings (SSSR count). The van der Waals surface area contributed by atoms with E-state index in [1.54, 1.807) is 0 Å². The lowest BCUT2D eigenvalue weighted by Gasteiger charge is -2.15. The molecule has 1 N–H and O–H groups in total. The number of nitrogens with zero attached hydrogens (tertiary/aromatic N) is 2. The standard InChI is InChI=1S/C9H15N3OS/c1-7-8(3-5-14-7)10-4-2-9-11-6-13-12-9/h6-8,10H,2-5H2,1H3. The van der Waals surface area contributed by atoms with E-state index in [1.807, 2.05) is 11.8 Å². The van der Waals surface area contributed by atoms with Crippen LogP contribution in [0.25, 0.3) is 0 Å². The highest BCUT2D eigenvalue weighted by molar-refractivity contribution is 8.00. The van der Waals surface area contributed by atoms with Crippen LogP contribution in [-0.4, -0.2) is 33.7 Å². The van der Waals surface area contributed by atoms with Crippen LogP contribution in [0.4, 0.5) is 0 Å². The summed E-state index contributed by atoms with van der Waals surface area (Å²) in [6.07, 6.45) is 3.51. The van der Waals surface area contributed by atoms with Crippen molar-refractivity contribution in [3.63, 3.8) is 0 Å². The molecular formula is C9H15N3OS. The molecule has 5 heteroatoms. The summed E-state index contributed by atoms with van der Waals surface area (Å²) in [7, 11) is 0. The minimum absolute atomic E-state index is 0.659. The number of thioether (sulfide) groups is 1. The van der Waals surface area contributed by atoms with E-state index in [9.17, 15) is 0 Å². The highest BCUT2D eigenvalue weighted by atomic mass is 32.2. The van der Waals surface area contributed by atoms with Crippen molar-refractivity contribution in [2.45, 2.75) is 31.1 Å². The highest BCUT2D eigenvalue weighted by Crippen LogP contribution is 2.25. The van der Waals surface area contributed by atoms with Crippen LogP contribution < -0.4 is 5.32 Å². The zero-order chi connectivity index (χ0) is 9.80. The predicted octanol–water partition coefficient (Wildman–Crippen LogP) is 1.10. The fraction of sp³-hybridized carbons (Fsp3) is 0.778. The fourth-order valence-corrected chi connectivity index (χ4v) is 2.90. The lowest BCUT2D eigenvalue weighted by molar-refractivity contribution is 0.408. The van der Waals surface area contributed by atoms with Crippen LogP contribution in [0.5, 0.6) is 0 Å². The molecule has 2 unspecified atom stereocenters. The van der Waals surface area contributed by atoms with Crippen LogP contribution in [0.3, 0.4) is 0 Å². The van der Waals surface area contributed by atoms with Gasteiger partial charge in [0.15, 0.2) is 5.82 Å². The lowest BCUT2D eigenvalue weighted by atomic mass is 10.1. The third-order valence-electron chi connectivity index (χ3n) is 2.54. The van der Waals surface area contributed by atoms with E-state index in [2.05, 4.69) is 26.9 Å². The lowest BCUT2D eigenvalue weighted by Crippen LogP contribution is -2.34. The summed E-state index contributed by atoms with van der Waals surface area (Å²) in [5.74, 6) is 2.07. The molecule has 1 aromatic rings. The van der Waals surface area contributed by atoms with Crippen LogP contribution in [0.15, 0.2) is 10.9 Å². The second-order valence-electron chi connectivity index (χ2n) is 3.52. The summed E-state index contributed by atoms with van der Waals surface area (Å²) in [5.41, 5.74) is 0. The van der Waals surface area contributed by atoms with Gasteiger partial charge in [0.05, 0.1) is 0 Å². The van der Waals surface area contributed by atoms with Gasteiger partial charge in [0.25, 0.3) is 0 Å². The van der Waals surface area contributed by atoms with Crippen LogP contribution in [-0.2, 0) is 6.42 Å². The first kappa shape index (κ1) is 9.98. The number of hydrogen-bond acceptors (Lipinski definition) is 5.